The molecule has 9 nitrogen and oxygen atoms in total. The van der Waals surface area contributed by atoms with Crippen molar-refractivity contribution in [2.24, 2.45) is 0 Å². The van der Waals surface area contributed by atoms with Gasteiger partial charge >= 0.3 is 5.69 Å². The number of ether oxygens (including phenoxy) is 2. The Balaban J connectivity index is 2.28. The predicted octanol–water partition coefficient (Wildman–Crippen LogP) is 2.30. The SMILES string of the molecule is COc1cc(F)c(C(C)Nc2ncc([N+](=O)[O-])c(N)n2)cc1OC. The third kappa shape index (κ3) is 3.42. The lowest BCUT2D eigenvalue weighted by Gasteiger charge is -2.17. The van der Waals surface area contributed by atoms with Gasteiger partial charge < -0.3 is 20.5 Å². The van der Waals surface area contributed by atoms with Gasteiger partial charge in [0.2, 0.25) is 11.8 Å². The summed E-state index contributed by atoms with van der Waals surface area (Å²) in [6.45, 7) is 1.67. The van der Waals surface area contributed by atoms with E-state index in [1.165, 1.54) is 26.4 Å². The number of hydrogen-bond acceptors (Lipinski definition) is 8. The molecule has 0 aliphatic heterocycles. The summed E-state index contributed by atoms with van der Waals surface area (Å²) in [7, 11) is 2.85. The van der Waals surface area contributed by atoms with Crippen LogP contribution in [0, 0.1) is 15.9 Å². The van der Waals surface area contributed by atoms with E-state index >= 15 is 0 Å². The van der Waals surface area contributed by atoms with Crippen molar-refractivity contribution in [3.05, 3.63) is 39.8 Å². The smallest absolute Gasteiger partial charge is 0.329 e. The number of anilines is 2. The number of nitro groups is 1. The number of methoxy groups -OCH3 is 2. The first kappa shape index (κ1) is 17.2. The van der Waals surface area contributed by atoms with Crippen LogP contribution in [-0.2, 0) is 0 Å². The molecule has 0 saturated heterocycles. The van der Waals surface area contributed by atoms with Crippen LogP contribution in [0.25, 0.3) is 0 Å². The van der Waals surface area contributed by atoms with E-state index in [9.17, 15) is 14.5 Å². The number of hydrogen-bond donors (Lipinski definition) is 2. The lowest BCUT2D eigenvalue weighted by atomic mass is 10.1. The van der Waals surface area contributed by atoms with Gasteiger partial charge in [-0.2, -0.15) is 4.98 Å². The Morgan fingerprint density at radius 3 is 2.50 bits per heavy atom. The van der Waals surface area contributed by atoms with Crippen LogP contribution in [-0.4, -0.2) is 29.1 Å². The summed E-state index contributed by atoms with van der Waals surface area (Å²) in [5, 5.41) is 13.5. The number of nitrogens with two attached hydrogens (primary N) is 1. The van der Waals surface area contributed by atoms with Crippen LogP contribution in [0.5, 0.6) is 11.5 Å². The molecule has 0 spiro atoms. The van der Waals surface area contributed by atoms with Crippen molar-refractivity contribution in [2.75, 3.05) is 25.3 Å². The monoisotopic (exact) mass is 337 g/mol. The Morgan fingerprint density at radius 2 is 1.96 bits per heavy atom. The average Bonchev–Trinajstić information content (AvgIpc) is 2.54. The predicted molar refractivity (Wildman–Crippen MR) is 84.6 cm³/mol. The molecule has 0 aliphatic carbocycles. The molecule has 1 heterocycles. The second kappa shape index (κ2) is 6.94. The summed E-state index contributed by atoms with van der Waals surface area (Å²) in [6.07, 6.45) is 0.988. The minimum absolute atomic E-state index is 0.0415. The van der Waals surface area contributed by atoms with Gasteiger partial charge in [0.1, 0.15) is 12.0 Å². The Kier molecular flexibility index (Phi) is 4.97. The molecule has 0 bridgehead atoms. The second-order valence-electron chi connectivity index (χ2n) is 4.82. The van der Waals surface area contributed by atoms with Crippen LogP contribution in [0.4, 0.5) is 21.8 Å². The molecule has 0 aliphatic rings. The fourth-order valence-corrected chi connectivity index (χ4v) is 2.07. The van der Waals surface area contributed by atoms with Crippen LogP contribution in [0.15, 0.2) is 18.3 Å². The fourth-order valence-electron chi connectivity index (χ4n) is 2.07. The maximum atomic E-state index is 14.2. The first-order valence-electron chi connectivity index (χ1n) is 6.82. The number of nitrogen functional groups attached to an aromatic ring is 1. The molecule has 3 N–H and O–H groups in total. The summed E-state index contributed by atoms with van der Waals surface area (Å²) in [6, 6.07) is 2.14. The van der Waals surface area contributed by atoms with E-state index in [0.29, 0.717) is 5.75 Å². The molecule has 24 heavy (non-hydrogen) atoms. The van der Waals surface area contributed by atoms with Gasteiger partial charge in [0, 0.05) is 11.6 Å². The van der Waals surface area contributed by atoms with Crippen LogP contribution in [0.3, 0.4) is 0 Å². The van der Waals surface area contributed by atoms with E-state index < -0.39 is 22.5 Å². The normalized spacial score (nSPS) is 11.7. The molecular formula is C14H16FN5O4. The van der Waals surface area contributed by atoms with Crippen molar-refractivity contribution in [2.45, 2.75) is 13.0 Å². The van der Waals surface area contributed by atoms with Crippen LogP contribution in [0.1, 0.15) is 18.5 Å². The largest absolute Gasteiger partial charge is 0.493 e. The van der Waals surface area contributed by atoms with Crippen LogP contribution in [0.2, 0.25) is 0 Å². The van der Waals surface area contributed by atoms with Crippen molar-refractivity contribution in [3.8, 4) is 11.5 Å². The average molecular weight is 337 g/mol. The molecule has 128 valence electrons. The first-order chi connectivity index (χ1) is 11.4. The van der Waals surface area contributed by atoms with Gasteiger partial charge in [0.05, 0.1) is 25.2 Å². The van der Waals surface area contributed by atoms with Gasteiger partial charge in [-0.05, 0) is 13.0 Å². The molecule has 0 amide bonds. The van der Waals surface area contributed by atoms with E-state index in [4.69, 9.17) is 15.2 Å². The van der Waals surface area contributed by atoms with Gasteiger partial charge in [0.25, 0.3) is 0 Å². The molecule has 0 radical (unpaired) electrons. The summed E-state index contributed by atoms with van der Waals surface area (Å²) in [5.41, 5.74) is 5.39. The standard InChI is InChI=1S/C14H16FN5O4/c1-7(8-4-11(23-2)12(24-3)5-9(8)15)18-14-17-6-10(20(21)22)13(16)19-14/h4-7H,1-3H3,(H3,16,17,18,19). The molecule has 1 aromatic heterocycles. The minimum Gasteiger partial charge on any atom is -0.493 e. The summed E-state index contributed by atoms with van der Waals surface area (Å²) in [5.74, 6) is -0.117. The molecule has 2 rings (SSSR count). The second-order valence-corrected chi connectivity index (χ2v) is 4.82. The van der Waals surface area contributed by atoms with E-state index in [1.807, 2.05) is 0 Å². The van der Waals surface area contributed by atoms with Crippen molar-refractivity contribution < 1.29 is 18.8 Å². The minimum atomic E-state index is -0.684. The van der Waals surface area contributed by atoms with E-state index in [-0.39, 0.29) is 23.1 Å². The van der Waals surface area contributed by atoms with Gasteiger partial charge in [-0.3, -0.25) is 10.1 Å². The topological polar surface area (TPSA) is 125 Å². The zero-order valence-electron chi connectivity index (χ0n) is 13.2. The number of halogens is 1. The Labute approximate surface area is 136 Å². The quantitative estimate of drug-likeness (QED) is 0.607. The van der Waals surface area contributed by atoms with Gasteiger partial charge in [-0.1, -0.05) is 0 Å². The highest BCUT2D eigenvalue weighted by Crippen LogP contribution is 2.33. The molecular weight excluding hydrogens is 321 g/mol. The summed E-state index contributed by atoms with van der Waals surface area (Å²) < 4.78 is 24.4. The van der Waals surface area contributed by atoms with Gasteiger partial charge in [-0.15, -0.1) is 0 Å². The van der Waals surface area contributed by atoms with Crippen molar-refractivity contribution in [3.63, 3.8) is 0 Å². The highest BCUT2D eigenvalue weighted by atomic mass is 19.1. The van der Waals surface area contributed by atoms with E-state index in [1.54, 1.807) is 6.92 Å². The molecule has 0 fully saturated rings. The summed E-state index contributed by atoms with van der Waals surface area (Å²) in [4.78, 5) is 17.6. The number of rotatable bonds is 6. The zero-order valence-corrected chi connectivity index (χ0v) is 13.2. The zero-order chi connectivity index (χ0) is 17.9. The molecule has 10 heteroatoms. The Hall–Kier alpha value is -3.17. The van der Waals surface area contributed by atoms with Gasteiger partial charge in [0.15, 0.2) is 11.5 Å². The van der Waals surface area contributed by atoms with E-state index in [2.05, 4.69) is 15.3 Å². The Morgan fingerprint density at radius 1 is 1.33 bits per heavy atom. The van der Waals surface area contributed by atoms with Crippen molar-refractivity contribution in [1.29, 1.82) is 0 Å². The Bertz CT molecular complexity index is 771. The summed E-state index contributed by atoms with van der Waals surface area (Å²) >= 11 is 0. The lowest BCUT2D eigenvalue weighted by Crippen LogP contribution is -2.13. The maximum Gasteiger partial charge on any atom is 0.329 e. The maximum absolute atomic E-state index is 14.2. The highest BCUT2D eigenvalue weighted by molar-refractivity contribution is 5.54. The van der Waals surface area contributed by atoms with Crippen molar-refractivity contribution >= 4 is 17.5 Å². The van der Waals surface area contributed by atoms with E-state index in [0.717, 1.165) is 6.20 Å². The van der Waals surface area contributed by atoms with Crippen LogP contribution < -0.4 is 20.5 Å². The molecule has 1 unspecified atom stereocenters. The highest BCUT2D eigenvalue weighted by Gasteiger charge is 2.19. The third-order valence-corrected chi connectivity index (χ3v) is 3.31. The third-order valence-electron chi connectivity index (χ3n) is 3.31. The molecule has 1 atom stereocenters. The van der Waals surface area contributed by atoms with Crippen molar-refractivity contribution in [1.82, 2.24) is 9.97 Å². The molecule has 1 aromatic carbocycles. The number of nitrogens with one attached hydrogen (secondary N) is 1. The lowest BCUT2D eigenvalue weighted by molar-refractivity contribution is -0.384. The van der Waals surface area contributed by atoms with Crippen LogP contribution >= 0.6 is 0 Å². The first-order valence-corrected chi connectivity index (χ1v) is 6.82. The number of aromatic nitrogens is 2. The fraction of sp³-hybridized carbons (Fsp3) is 0.286. The van der Waals surface area contributed by atoms with Gasteiger partial charge in [-0.25, -0.2) is 9.37 Å². The number of benzene rings is 1. The molecule has 2 aromatic rings. The number of nitrogens with zero attached hydrogens (tertiary/aromatic N) is 3. The molecule has 0 saturated carbocycles.